The lowest BCUT2D eigenvalue weighted by molar-refractivity contribution is -0.131. The van der Waals surface area contributed by atoms with Crippen molar-refractivity contribution in [3.05, 3.63) is 41.6 Å². The average molecular weight is 231 g/mol. The summed E-state index contributed by atoms with van der Waals surface area (Å²) in [5.41, 5.74) is 1.30. The third kappa shape index (κ3) is 2.03. The van der Waals surface area contributed by atoms with Gasteiger partial charge >= 0.3 is 11.9 Å². The first-order valence-electron chi connectivity index (χ1n) is 4.84. The van der Waals surface area contributed by atoms with Gasteiger partial charge < -0.3 is 15.2 Å². The molecule has 1 heterocycles. The molecule has 0 aliphatic heterocycles. The Kier molecular flexibility index (Phi) is 2.66. The van der Waals surface area contributed by atoms with E-state index in [9.17, 15) is 9.59 Å². The van der Waals surface area contributed by atoms with Crippen molar-refractivity contribution in [2.24, 2.45) is 0 Å². The van der Waals surface area contributed by atoms with E-state index < -0.39 is 11.9 Å². The van der Waals surface area contributed by atoms with E-state index in [1.54, 1.807) is 18.3 Å². The SMILES string of the molecule is O=C(O)C=Cc1c[nH]c2c(C(=O)O)cccc12. The summed E-state index contributed by atoms with van der Waals surface area (Å²) < 4.78 is 0. The van der Waals surface area contributed by atoms with Crippen LogP contribution in [0.5, 0.6) is 0 Å². The number of aromatic carboxylic acids is 1. The molecule has 0 amide bonds. The standard InChI is InChI=1S/C12H9NO4/c14-10(15)5-4-7-6-13-11-8(7)2-1-3-9(11)12(16)17/h1-6,13H,(H,14,15)(H,16,17). The fourth-order valence-electron chi connectivity index (χ4n) is 1.65. The molecule has 0 aliphatic carbocycles. The van der Waals surface area contributed by atoms with Crippen LogP contribution in [0, 0.1) is 0 Å². The molecule has 5 nitrogen and oxygen atoms in total. The van der Waals surface area contributed by atoms with Crippen LogP contribution in [0.4, 0.5) is 0 Å². The van der Waals surface area contributed by atoms with Crippen LogP contribution in [-0.2, 0) is 4.79 Å². The van der Waals surface area contributed by atoms with Crippen molar-refractivity contribution >= 4 is 28.9 Å². The molecule has 0 atom stereocenters. The third-order valence-electron chi connectivity index (χ3n) is 2.38. The Bertz CT molecular complexity index is 624. The highest BCUT2D eigenvalue weighted by Crippen LogP contribution is 2.22. The van der Waals surface area contributed by atoms with Crippen LogP contribution in [0.25, 0.3) is 17.0 Å². The number of para-hydroxylation sites is 1. The number of hydrogen-bond acceptors (Lipinski definition) is 2. The zero-order valence-electron chi connectivity index (χ0n) is 8.68. The quantitative estimate of drug-likeness (QED) is 0.704. The summed E-state index contributed by atoms with van der Waals surface area (Å²) in [5, 5.41) is 18.2. The van der Waals surface area contributed by atoms with E-state index in [2.05, 4.69) is 4.98 Å². The summed E-state index contributed by atoms with van der Waals surface area (Å²) in [4.78, 5) is 24.2. The third-order valence-corrected chi connectivity index (χ3v) is 2.38. The van der Waals surface area contributed by atoms with Gasteiger partial charge in [0.05, 0.1) is 11.1 Å². The molecule has 0 bridgehead atoms. The number of carboxylic acid groups (broad SMARTS) is 2. The number of hydrogen-bond donors (Lipinski definition) is 3. The van der Waals surface area contributed by atoms with Crippen LogP contribution < -0.4 is 0 Å². The van der Waals surface area contributed by atoms with E-state index in [1.165, 1.54) is 12.1 Å². The molecular weight excluding hydrogens is 222 g/mol. The minimum atomic E-state index is -1.05. The van der Waals surface area contributed by atoms with Crippen molar-refractivity contribution in [3.63, 3.8) is 0 Å². The zero-order valence-corrected chi connectivity index (χ0v) is 8.68. The van der Waals surface area contributed by atoms with Gasteiger partial charge in [0.2, 0.25) is 0 Å². The highest BCUT2D eigenvalue weighted by atomic mass is 16.4. The van der Waals surface area contributed by atoms with E-state index in [1.807, 2.05) is 0 Å². The monoisotopic (exact) mass is 231 g/mol. The van der Waals surface area contributed by atoms with Crippen LogP contribution in [0.2, 0.25) is 0 Å². The first-order chi connectivity index (χ1) is 8.09. The van der Waals surface area contributed by atoms with Gasteiger partial charge in [-0.25, -0.2) is 9.59 Å². The molecule has 86 valence electrons. The minimum absolute atomic E-state index is 0.164. The normalized spacial score (nSPS) is 11.1. The van der Waals surface area contributed by atoms with E-state index in [-0.39, 0.29) is 5.56 Å². The van der Waals surface area contributed by atoms with Gasteiger partial charge in [-0.2, -0.15) is 0 Å². The number of benzene rings is 1. The molecule has 1 aromatic heterocycles. The predicted molar refractivity (Wildman–Crippen MR) is 61.9 cm³/mol. The number of aliphatic carboxylic acids is 1. The number of aromatic nitrogens is 1. The van der Waals surface area contributed by atoms with Gasteiger partial charge in [-0.3, -0.25) is 0 Å². The molecule has 2 aromatic rings. The summed E-state index contributed by atoms with van der Waals surface area (Å²) in [6, 6.07) is 4.85. The van der Waals surface area contributed by atoms with Crippen LogP contribution in [0.15, 0.2) is 30.5 Å². The van der Waals surface area contributed by atoms with Crippen LogP contribution in [0.1, 0.15) is 15.9 Å². The Balaban J connectivity index is 2.59. The summed E-state index contributed by atoms with van der Waals surface area (Å²) in [6.45, 7) is 0. The Labute approximate surface area is 96.0 Å². The molecule has 17 heavy (non-hydrogen) atoms. The van der Waals surface area contributed by atoms with Gasteiger partial charge in [0.15, 0.2) is 0 Å². The molecule has 5 heteroatoms. The van der Waals surface area contributed by atoms with E-state index in [0.717, 1.165) is 6.08 Å². The molecule has 0 aliphatic rings. The molecular formula is C12H9NO4. The molecule has 0 saturated carbocycles. The van der Waals surface area contributed by atoms with E-state index in [4.69, 9.17) is 10.2 Å². The molecule has 0 fully saturated rings. The first kappa shape index (κ1) is 10.9. The number of carbonyl (C=O) groups is 2. The molecule has 0 spiro atoms. The second-order valence-corrected chi connectivity index (χ2v) is 3.45. The van der Waals surface area contributed by atoms with Gasteiger partial charge in [-0.05, 0) is 12.1 Å². The maximum Gasteiger partial charge on any atom is 0.337 e. The lowest BCUT2D eigenvalue weighted by Gasteiger charge is -1.96. The first-order valence-corrected chi connectivity index (χ1v) is 4.84. The van der Waals surface area contributed by atoms with Crippen molar-refractivity contribution in [1.29, 1.82) is 0 Å². The van der Waals surface area contributed by atoms with Crippen molar-refractivity contribution in [3.8, 4) is 0 Å². The zero-order chi connectivity index (χ0) is 12.4. The van der Waals surface area contributed by atoms with Gasteiger partial charge in [0, 0.05) is 23.2 Å². The molecule has 3 N–H and O–H groups in total. The van der Waals surface area contributed by atoms with Crippen LogP contribution in [-0.4, -0.2) is 27.1 Å². The van der Waals surface area contributed by atoms with Crippen molar-refractivity contribution in [1.82, 2.24) is 4.98 Å². The fraction of sp³-hybridized carbons (Fsp3) is 0. The maximum absolute atomic E-state index is 11.0. The van der Waals surface area contributed by atoms with Crippen LogP contribution in [0.3, 0.4) is 0 Å². The maximum atomic E-state index is 11.0. The number of aromatic amines is 1. The number of nitrogens with one attached hydrogen (secondary N) is 1. The Morgan fingerprint density at radius 2 is 2.00 bits per heavy atom. The predicted octanol–water partition coefficient (Wildman–Crippen LogP) is 1.96. The molecule has 0 saturated heterocycles. The van der Waals surface area contributed by atoms with Crippen molar-refractivity contribution < 1.29 is 19.8 Å². The second-order valence-electron chi connectivity index (χ2n) is 3.45. The number of rotatable bonds is 3. The van der Waals surface area contributed by atoms with Gasteiger partial charge in [0.1, 0.15) is 0 Å². The van der Waals surface area contributed by atoms with Crippen molar-refractivity contribution in [2.75, 3.05) is 0 Å². The van der Waals surface area contributed by atoms with Gasteiger partial charge in [-0.1, -0.05) is 12.1 Å². The molecule has 2 rings (SSSR count). The Morgan fingerprint density at radius 1 is 1.24 bits per heavy atom. The number of carboxylic acids is 2. The fourth-order valence-corrected chi connectivity index (χ4v) is 1.65. The lowest BCUT2D eigenvalue weighted by atomic mass is 10.1. The summed E-state index contributed by atoms with van der Waals surface area (Å²) in [7, 11) is 0. The number of fused-ring (bicyclic) bond motifs is 1. The smallest absolute Gasteiger partial charge is 0.337 e. The summed E-state index contributed by atoms with van der Waals surface area (Å²) in [5.74, 6) is -2.07. The average Bonchev–Trinajstić information content (AvgIpc) is 2.68. The van der Waals surface area contributed by atoms with Gasteiger partial charge in [-0.15, -0.1) is 0 Å². The molecule has 0 radical (unpaired) electrons. The van der Waals surface area contributed by atoms with Crippen molar-refractivity contribution in [2.45, 2.75) is 0 Å². The Morgan fingerprint density at radius 3 is 2.65 bits per heavy atom. The highest BCUT2D eigenvalue weighted by Gasteiger charge is 2.10. The summed E-state index contributed by atoms with van der Waals surface area (Å²) in [6.07, 6.45) is 4.01. The molecule has 0 unspecified atom stereocenters. The minimum Gasteiger partial charge on any atom is -0.478 e. The summed E-state index contributed by atoms with van der Waals surface area (Å²) >= 11 is 0. The van der Waals surface area contributed by atoms with Gasteiger partial charge in [0.25, 0.3) is 0 Å². The van der Waals surface area contributed by atoms with E-state index >= 15 is 0 Å². The Hall–Kier alpha value is -2.56. The topological polar surface area (TPSA) is 90.4 Å². The lowest BCUT2D eigenvalue weighted by Crippen LogP contribution is -1.96. The number of H-pyrrole nitrogens is 1. The second kappa shape index (κ2) is 4.13. The largest absolute Gasteiger partial charge is 0.478 e. The molecule has 1 aromatic carbocycles. The highest BCUT2D eigenvalue weighted by molar-refractivity contribution is 6.05. The van der Waals surface area contributed by atoms with E-state index in [0.29, 0.717) is 16.5 Å². The van der Waals surface area contributed by atoms with Crippen LogP contribution >= 0.6 is 0 Å².